The highest BCUT2D eigenvalue weighted by Gasteiger charge is 2.15. The molecule has 1 atom stereocenters. The molecule has 0 saturated heterocycles. The lowest BCUT2D eigenvalue weighted by Crippen LogP contribution is -2.06. The van der Waals surface area contributed by atoms with Crippen LogP contribution in [0.25, 0.3) is 0 Å². The van der Waals surface area contributed by atoms with E-state index in [1.54, 1.807) is 19.2 Å². The van der Waals surface area contributed by atoms with Crippen LogP contribution < -0.4 is 15.4 Å². The predicted molar refractivity (Wildman–Crippen MR) is 62.9 cm³/mol. The molecule has 0 radical (unpaired) electrons. The van der Waals surface area contributed by atoms with Crippen LogP contribution >= 0.6 is 0 Å². The minimum absolute atomic E-state index is 0.365. The van der Waals surface area contributed by atoms with Gasteiger partial charge in [-0.25, -0.2) is 10.3 Å². The van der Waals surface area contributed by atoms with Gasteiger partial charge >= 0.3 is 0 Å². The Balaban J connectivity index is 3.13. The van der Waals surface area contributed by atoms with Gasteiger partial charge in [-0.2, -0.15) is 0 Å². The van der Waals surface area contributed by atoms with E-state index in [-0.39, 0.29) is 0 Å². The first-order chi connectivity index (χ1) is 8.13. The molecule has 5 heteroatoms. The molecule has 1 rings (SSSR count). The van der Waals surface area contributed by atoms with E-state index in [9.17, 15) is 4.39 Å². The van der Waals surface area contributed by atoms with E-state index in [1.807, 2.05) is 0 Å². The van der Waals surface area contributed by atoms with E-state index in [2.05, 4.69) is 4.84 Å². The molecule has 96 valence electrons. The van der Waals surface area contributed by atoms with Gasteiger partial charge in [0.2, 0.25) is 0 Å². The van der Waals surface area contributed by atoms with Gasteiger partial charge in [-0.3, -0.25) is 0 Å². The highest BCUT2D eigenvalue weighted by atomic mass is 19.1. The summed E-state index contributed by atoms with van der Waals surface area (Å²) < 4.78 is 23.8. The zero-order chi connectivity index (χ0) is 12.8. The number of nitrogens with two attached hydrogens (primary N) is 1. The first-order valence-electron chi connectivity index (χ1n) is 5.34. The van der Waals surface area contributed by atoms with Gasteiger partial charge in [-0.1, -0.05) is 0 Å². The Morgan fingerprint density at radius 1 is 1.24 bits per heavy atom. The molecule has 0 bridgehead atoms. The molecule has 17 heavy (non-hydrogen) atoms. The lowest BCUT2D eigenvalue weighted by atomic mass is 10.0. The predicted octanol–water partition coefficient (Wildman–Crippen LogP) is 2.17. The third-order valence-corrected chi connectivity index (χ3v) is 2.55. The topological polar surface area (TPSA) is 53.7 Å². The van der Waals surface area contributed by atoms with Crippen molar-refractivity contribution >= 4 is 0 Å². The van der Waals surface area contributed by atoms with Gasteiger partial charge in [0.25, 0.3) is 0 Å². The number of rotatable bonds is 6. The standard InChI is InChI=1S/C12H18FNO3/c1-8(13)10-7-11(15-2)9(4-5-17-14)6-12(10)16-3/h6-8H,4-5,14H2,1-3H3. The maximum atomic E-state index is 13.4. The molecule has 1 unspecified atom stereocenters. The highest BCUT2D eigenvalue weighted by molar-refractivity contribution is 5.47. The van der Waals surface area contributed by atoms with E-state index < -0.39 is 6.17 Å². The van der Waals surface area contributed by atoms with Gasteiger partial charge < -0.3 is 14.3 Å². The Bertz CT molecular complexity index is 369. The van der Waals surface area contributed by atoms with Crippen molar-refractivity contribution < 1.29 is 18.7 Å². The van der Waals surface area contributed by atoms with Gasteiger partial charge in [0.15, 0.2) is 0 Å². The Morgan fingerprint density at radius 2 is 1.88 bits per heavy atom. The average molecular weight is 243 g/mol. The quantitative estimate of drug-likeness (QED) is 0.778. The monoisotopic (exact) mass is 243 g/mol. The summed E-state index contributed by atoms with van der Waals surface area (Å²) in [6, 6.07) is 3.40. The van der Waals surface area contributed by atoms with Crippen LogP contribution in [0.5, 0.6) is 11.5 Å². The summed E-state index contributed by atoms with van der Waals surface area (Å²) in [6.07, 6.45) is -0.532. The molecule has 0 aliphatic rings. The summed E-state index contributed by atoms with van der Waals surface area (Å²) in [6.45, 7) is 1.82. The largest absolute Gasteiger partial charge is 0.496 e. The number of benzene rings is 1. The van der Waals surface area contributed by atoms with E-state index in [4.69, 9.17) is 15.4 Å². The molecular formula is C12H18FNO3. The van der Waals surface area contributed by atoms with Gasteiger partial charge in [0.05, 0.1) is 20.8 Å². The van der Waals surface area contributed by atoms with E-state index in [0.717, 1.165) is 5.56 Å². The van der Waals surface area contributed by atoms with Crippen molar-refractivity contribution in [2.24, 2.45) is 5.90 Å². The molecule has 1 aromatic rings. The molecule has 0 aromatic heterocycles. The molecule has 0 saturated carbocycles. The zero-order valence-electron chi connectivity index (χ0n) is 10.3. The molecule has 0 aliphatic carbocycles. The average Bonchev–Trinajstić information content (AvgIpc) is 2.34. The zero-order valence-corrected chi connectivity index (χ0v) is 10.3. The maximum absolute atomic E-state index is 13.4. The second-order valence-electron chi connectivity index (χ2n) is 3.64. The van der Waals surface area contributed by atoms with Crippen LogP contribution in [0.4, 0.5) is 4.39 Å². The molecule has 0 heterocycles. The van der Waals surface area contributed by atoms with Crippen LogP contribution in [0.3, 0.4) is 0 Å². The molecule has 0 spiro atoms. The fourth-order valence-electron chi connectivity index (χ4n) is 1.66. The third-order valence-electron chi connectivity index (χ3n) is 2.55. The summed E-state index contributed by atoms with van der Waals surface area (Å²) in [4.78, 5) is 4.53. The van der Waals surface area contributed by atoms with E-state index >= 15 is 0 Å². The Hall–Kier alpha value is -1.33. The molecule has 1 aromatic carbocycles. The van der Waals surface area contributed by atoms with Gasteiger partial charge in [0, 0.05) is 17.5 Å². The third kappa shape index (κ3) is 3.31. The molecule has 0 aliphatic heterocycles. The summed E-state index contributed by atoms with van der Waals surface area (Å²) in [5.74, 6) is 6.11. The summed E-state index contributed by atoms with van der Waals surface area (Å²) in [7, 11) is 3.05. The Kier molecular flexibility index (Phi) is 5.18. The van der Waals surface area contributed by atoms with Crippen LogP contribution in [0.15, 0.2) is 12.1 Å². The number of methoxy groups -OCH3 is 2. The second kappa shape index (κ2) is 6.42. The smallest absolute Gasteiger partial charge is 0.126 e. The Labute approximate surface area is 100 Å². The number of halogens is 1. The van der Waals surface area contributed by atoms with Crippen LogP contribution in [-0.4, -0.2) is 20.8 Å². The fraction of sp³-hybridized carbons (Fsp3) is 0.500. The van der Waals surface area contributed by atoms with Crippen LogP contribution in [0.2, 0.25) is 0 Å². The normalized spacial score (nSPS) is 12.3. The van der Waals surface area contributed by atoms with Crippen molar-refractivity contribution in [3.63, 3.8) is 0 Å². The first-order valence-corrected chi connectivity index (χ1v) is 5.34. The highest BCUT2D eigenvalue weighted by Crippen LogP contribution is 2.34. The van der Waals surface area contributed by atoms with Crippen LogP contribution in [0.1, 0.15) is 24.2 Å². The van der Waals surface area contributed by atoms with Crippen LogP contribution in [-0.2, 0) is 11.3 Å². The van der Waals surface area contributed by atoms with E-state index in [0.29, 0.717) is 30.1 Å². The number of hydrogen-bond acceptors (Lipinski definition) is 4. The second-order valence-corrected chi connectivity index (χ2v) is 3.64. The lowest BCUT2D eigenvalue weighted by Gasteiger charge is -2.15. The molecule has 4 nitrogen and oxygen atoms in total. The number of ether oxygens (including phenoxy) is 2. The van der Waals surface area contributed by atoms with Crippen molar-refractivity contribution in [1.82, 2.24) is 0 Å². The van der Waals surface area contributed by atoms with Crippen molar-refractivity contribution in [2.75, 3.05) is 20.8 Å². The van der Waals surface area contributed by atoms with Crippen molar-refractivity contribution in [3.05, 3.63) is 23.3 Å². The molecular weight excluding hydrogens is 225 g/mol. The molecule has 2 N–H and O–H groups in total. The van der Waals surface area contributed by atoms with Gasteiger partial charge in [0.1, 0.15) is 17.7 Å². The van der Waals surface area contributed by atoms with Crippen molar-refractivity contribution in [2.45, 2.75) is 19.5 Å². The van der Waals surface area contributed by atoms with Gasteiger partial charge in [-0.05, 0) is 19.1 Å². The minimum atomic E-state index is -1.11. The van der Waals surface area contributed by atoms with E-state index in [1.165, 1.54) is 14.0 Å². The first kappa shape index (κ1) is 13.7. The minimum Gasteiger partial charge on any atom is -0.496 e. The summed E-state index contributed by atoms with van der Waals surface area (Å²) in [5, 5.41) is 0. The summed E-state index contributed by atoms with van der Waals surface area (Å²) in [5.41, 5.74) is 1.35. The maximum Gasteiger partial charge on any atom is 0.126 e. The fourth-order valence-corrected chi connectivity index (χ4v) is 1.66. The Morgan fingerprint density at radius 3 is 2.35 bits per heavy atom. The van der Waals surface area contributed by atoms with Crippen molar-refractivity contribution in [3.8, 4) is 11.5 Å². The number of hydrogen-bond donors (Lipinski definition) is 1. The number of alkyl halides is 1. The van der Waals surface area contributed by atoms with Crippen molar-refractivity contribution in [1.29, 1.82) is 0 Å². The van der Waals surface area contributed by atoms with Gasteiger partial charge in [-0.15, -0.1) is 0 Å². The molecule has 0 fully saturated rings. The lowest BCUT2D eigenvalue weighted by molar-refractivity contribution is 0.140. The SMILES string of the molecule is COc1cc(C(C)F)c(OC)cc1CCON. The molecule has 0 amide bonds. The summed E-state index contributed by atoms with van der Waals surface area (Å²) >= 11 is 0. The van der Waals surface area contributed by atoms with Crippen LogP contribution in [0, 0.1) is 0 Å².